The molecule has 162 valence electrons. The van der Waals surface area contributed by atoms with E-state index in [1.54, 1.807) is 24.5 Å². The Bertz CT molecular complexity index is 1220. The molecule has 1 aliphatic heterocycles. The van der Waals surface area contributed by atoms with Gasteiger partial charge in [0.1, 0.15) is 23.6 Å². The molecular formula is C24H25N7O. The van der Waals surface area contributed by atoms with Gasteiger partial charge in [-0.3, -0.25) is 4.79 Å². The predicted molar refractivity (Wildman–Crippen MR) is 126 cm³/mol. The van der Waals surface area contributed by atoms with E-state index in [2.05, 4.69) is 36.8 Å². The maximum absolute atomic E-state index is 12.8. The van der Waals surface area contributed by atoms with Crippen molar-refractivity contribution in [1.82, 2.24) is 19.9 Å². The smallest absolute Gasteiger partial charge is 0.259 e. The second-order valence-corrected chi connectivity index (χ2v) is 8.04. The van der Waals surface area contributed by atoms with Crippen molar-refractivity contribution < 1.29 is 4.79 Å². The summed E-state index contributed by atoms with van der Waals surface area (Å²) in [6.07, 6.45) is 6.17. The van der Waals surface area contributed by atoms with Gasteiger partial charge in [-0.05, 0) is 36.8 Å². The highest BCUT2D eigenvalue weighted by atomic mass is 16.2. The minimum absolute atomic E-state index is 0.0794. The lowest BCUT2D eigenvalue weighted by molar-refractivity contribution is 0.0992. The molecule has 4 aromatic rings. The molecular weight excluding hydrogens is 402 g/mol. The quantitative estimate of drug-likeness (QED) is 0.526. The molecule has 1 saturated heterocycles. The third-order valence-electron chi connectivity index (χ3n) is 6.15. The number of amides is 1. The number of carbonyl (C=O) groups excluding carboxylic acids is 1. The van der Waals surface area contributed by atoms with Crippen LogP contribution in [0.3, 0.4) is 0 Å². The minimum atomic E-state index is -0.0794. The van der Waals surface area contributed by atoms with Crippen LogP contribution in [0.15, 0.2) is 67.3 Å². The van der Waals surface area contributed by atoms with E-state index >= 15 is 0 Å². The SMILES string of the molecule is CN(C(=O)c1ccc(N(C)C2CCN(c3ncnc4[nH]ccc34)C2)nc1)c1ccccc1. The summed E-state index contributed by atoms with van der Waals surface area (Å²) < 4.78 is 0. The van der Waals surface area contributed by atoms with E-state index in [1.807, 2.05) is 54.7 Å². The Morgan fingerprint density at radius 2 is 1.91 bits per heavy atom. The summed E-state index contributed by atoms with van der Waals surface area (Å²) in [4.78, 5) is 35.5. The number of para-hydroxylation sites is 1. The number of aromatic nitrogens is 4. The zero-order valence-corrected chi connectivity index (χ0v) is 18.1. The van der Waals surface area contributed by atoms with Gasteiger partial charge in [-0.1, -0.05) is 18.2 Å². The van der Waals surface area contributed by atoms with Gasteiger partial charge in [0.15, 0.2) is 0 Å². The number of nitrogens with one attached hydrogen (secondary N) is 1. The van der Waals surface area contributed by atoms with Crippen LogP contribution in [0.5, 0.6) is 0 Å². The normalized spacial score (nSPS) is 15.8. The molecule has 0 saturated carbocycles. The van der Waals surface area contributed by atoms with Crippen LogP contribution in [0, 0.1) is 0 Å². The first-order valence-corrected chi connectivity index (χ1v) is 10.7. The highest BCUT2D eigenvalue weighted by molar-refractivity contribution is 6.05. The summed E-state index contributed by atoms with van der Waals surface area (Å²) in [6.45, 7) is 1.78. The molecule has 3 aromatic heterocycles. The number of rotatable bonds is 5. The summed E-state index contributed by atoms with van der Waals surface area (Å²) in [7, 11) is 3.83. The summed E-state index contributed by atoms with van der Waals surface area (Å²) in [5.41, 5.74) is 2.28. The van der Waals surface area contributed by atoms with Crippen molar-refractivity contribution in [1.29, 1.82) is 0 Å². The van der Waals surface area contributed by atoms with E-state index in [1.165, 1.54) is 0 Å². The van der Waals surface area contributed by atoms with Crippen molar-refractivity contribution in [2.24, 2.45) is 0 Å². The molecule has 1 fully saturated rings. The van der Waals surface area contributed by atoms with Crippen LogP contribution in [0.2, 0.25) is 0 Å². The zero-order chi connectivity index (χ0) is 22.1. The van der Waals surface area contributed by atoms with Gasteiger partial charge in [0.05, 0.1) is 10.9 Å². The average molecular weight is 428 g/mol. The van der Waals surface area contributed by atoms with Gasteiger partial charge in [-0.15, -0.1) is 0 Å². The van der Waals surface area contributed by atoms with E-state index in [-0.39, 0.29) is 5.91 Å². The van der Waals surface area contributed by atoms with Crippen molar-refractivity contribution in [2.45, 2.75) is 12.5 Å². The fraction of sp³-hybridized carbons (Fsp3) is 0.250. The average Bonchev–Trinajstić information content (AvgIpc) is 3.53. The van der Waals surface area contributed by atoms with Crippen molar-refractivity contribution >= 4 is 34.3 Å². The standard InChI is InChI=1S/C24H25N7O/c1-29(19-11-13-31(15-19)23-20-10-12-25-22(20)27-16-28-23)21-9-8-17(14-26-21)24(32)30(2)18-6-4-3-5-7-18/h3-10,12,14,16,19H,11,13,15H2,1-2H3,(H,25,27,28). The van der Waals surface area contributed by atoms with Crippen LogP contribution >= 0.6 is 0 Å². The number of anilines is 3. The van der Waals surface area contributed by atoms with Crippen LogP contribution in [0.1, 0.15) is 16.8 Å². The molecule has 8 heteroatoms. The molecule has 4 heterocycles. The lowest BCUT2D eigenvalue weighted by Crippen LogP contribution is -2.35. The molecule has 1 aromatic carbocycles. The fourth-order valence-electron chi connectivity index (χ4n) is 4.23. The Morgan fingerprint density at radius 1 is 1.06 bits per heavy atom. The van der Waals surface area contributed by atoms with E-state index in [0.29, 0.717) is 11.6 Å². The Hall–Kier alpha value is -3.94. The van der Waals surface area contributed by atoms with Gasteiger partial charge < -0.3 is 19.7 Å². The molecule has 32 heavy (non-hydrogen) atoms. The van der Waals surface area contributed by atoms with Gasteiger partial charge in [0.25, 0.3) is 5.91 Å². The number of nitrogens with zero attached hydrogens (tertiary/aromatic N) is 6. The number of pyridine rings is 1. The Kier molecular flexibility index (Phi) is 5.18. The van der Waals surface area contributed by atoms with Gasteiger partial charge in [-0.2, -0.15) is 0 Å². The lowest BCUT2D eigenvalue weighted by Gasteiger charge is -2.26. The molecule has 1 atom stereocenters. The fourth-order valence-corrected chi connectivity index (χ4v) is 4.23. The van der Waals surface area contributed by atoms with E-state index in [0.717, 1.165) is 47.9 Å². The van der Waals surface area contributed by atoms with Crippen LogP contribution in [0.25, 0.3) is 11.0 Å². The van der Waals surface area contributed by atoms with Gasteiger partial charge in [0.2, 0.25) is 0 Å². The number of aromatic amines is 1. The van der Waals surface area contributed by atoms with Crippen molar-refractivity contribution in [3.63, 3.8) is 0 Å². The third-order valence-corrected chi connectivity index (χ3v) is 6.15. The molecule has 0 bridgehead atoms. The third kappa shape index (κ3) is 3.64. The van der Waals surface area contributed by atoms with Gasteiger partial charge >= 0.3 is 0 Å². The van der Waals surface area contributed by atoms with Crippen LogP contribution < -0.4 is 14.7 Å². The first-order valence-electron chi connectivity index (χ1n) is 10.7. The molecule has 1 N–H and O–H groups in total. The second kappa shape index (κ2) is 8.30. The first-order chi connectivity index (χ1) is 15.6. The summed E-state index contributed by atoms with van der Waals surface area (Å²) in [6, 6.07) is 15.7. The number of H-pyrrole nitrogens is 1. The molecule has 1 unspecified atom stereocenters. The summed E-state index contributed by atoms with van der Waals surface area (Å²) >= 11 is 0. The molecule has 5 rings (SSSR count). The summed E-state index contributed by atoms with van der Waals surface area (Å²) in [5.74, 6) is 1.74. The predicted octanol–water partition coefficient (Wildman–Crippen LogP) is 3.34. The highest BCUT2D eigenvalue weighted by Crippen LogP contribution is 2.28. The highest BCUT2D eigenvalue weighted by Gasteiger charge is 2.28. The molecule has 8 nitrogen and oxygen atoms in total. The van der Waals surface area contributed by atoms with Crippen LogP contribution in [-0.2, 0) is 0 Å². The van der Waals surface area contributed by atoms with E-state index in [9.17, 15) is 4.79 Å². The van der Waals surface area contributed by atoms with Crippen LogP contribution in [0.4, 0.5) is 17.3 Å². The Morgan fingerprint density at radius 3 is 2.69 bits per heavy atom. The number of hydrogen-bond acceptors (Lipinski definition) is 6. The van der Waals surface area contributed by atoms with Crippen molar-refractivity contribution in [3.05, 3.63) is 72.8 Å². The van der Waals surface area contributed by atoms with Gasteiger partial charge in [0, 0.05) is 51.3 Å². The van der Waals surface area contributed by atoms with E-state index in [4.69, 9.17) is 0 Å². The van der Waals surface area contributed by atoms with Gasteiger partial charge in [-0.25, -0.2) is 15.0 Å². The Labute approximate surface area is 186 Å². The lowest BCUT2D eigenvalue weighted by atomic mass is 10.2. The van der Waals surface area contributed by atoms with E-state index < -0.39 is 0 Å². The molecule has 1 aliphatic rings. The molecule has 0 aliphatic carbocycles. The topological polar surface area (TPSA) is 81.3 Å². The van der Waals surface area contributed by atoms with Crippen molar-refractivity contribution in [2.75, 3.05) is 41.9 Å². The number of benzene rings is 1. The molecule has 1 amide bonds. The number of fused-ring (bicyclic) bond motifs is 1. The van der Waals surface area contributed by atoms with Crippen molar-refractivity contribution in [3.8, 4) is 0 Å². The zero-order valence-electron chi connectivity index (χ0n) is 18.1. The maximum Gasteiger partial charge on any atom is 0.259 e. The van der Waals surface area contributed by atoms with Crippen LogP contribution in [-0.4, -0.2) is 59.1 Å². The number of likely N-dealkylation sites (N-methyl/N-ethyl adjacent to an activating group) is 1. The second-order valence-electron chi connectivity index (χ2n) is 8.04. The largest absolute Gasteiger partial charge is 0.355 e. The number of hydrogen-bond donors (Lipinski definition) is 1. The maximum atomic E-state index is 12.8. The minimum Gasteiger partial charge on any atom is -0.355 e. The first kappa shape index (κ1) is 20.0. The Balaban J connectivity index is 1.27. The number of carbonyl (C=O) groups is 1. The molecule has 0 spiro atoms. The molecule has 0 radical (unpaired) electrons. The monoisotopic (exact) mass is 427 g/mol. The summed E-state index contributed by atoms with van der Waals surface area (Å²) in [5, 5.41) is 1.04.